The van der Waals surface area contributed by atoms with Crippen molar-refractivity contribution < 1.29 is 29.0 Å². The molecule has 1 fully saturated rings. The number of rotatable bonds is 4. The van der Waals surface area contributed by atoms with Gasteiger partial charge in [0.15, 0.2) is 0 Å². The summed E-state index contributed by atoms with van der Waals surface area (Å²) in [6.45, 7) is 0.191. The fourth-order valence-electron chi connectivity index (χ4n) is 3.91. The van der Waals surface area contributed by atoms with E-state index in [1.165, 1.54) is 18.6 Å². The zero-order chi connectivity index (χ0) is 22.0. The SMILES string of the molecule is CN1C(=O)c2cc(NC(=O)c3cnccn3)ccc2OC[C@H]2O[C@H](CC(=O)O)CC[C@@H]21. The minimum Gasteiger partial charge on any atom is -0.490 e. The van der Waals surface area contributed by atoms with E-state index in [1.807, 2.05) is 0 Å². The largest absolute Gasteiger partial charge is 0.490 e. The Morgan fingerprint density at radius 2 is 2.13 bits per heavy atom. The van der Waals surface area contributed by atoms with Crippen LogP contribution in [0.5, 0.6) is 5.75 Å². The average Bonchev–Trinajstić information content (AvgIpc) is 2.77. The van der Waals surface area contributed by atoms with Crippen LogP contribution in [0.1, 0.15) is 40.1 Å². The van der Waals surface area contributed by atoms with Crippen LogP contribution in [0.4, 0.5) is 5.69 Å². The van der Waals surface area contributed by atoms with Crippen molar-refractivity contribution in [3.8, 4) is 5.75 Å². The fraction of sp³-hybridized carbons (Fsp3) is 0.381. The first kappa shape index (κ1) is 20.7. The number of likely N-dealkylation sites (N-methyl/N-ethyl adjacent to an activating group) is 1. The molecule has 3 heterocycles. The number of fused-ring (bicyclic) bond motifs is 2. The van der Waals surface area contributed by atoms with Gasteiger partial charge in [0.1, 0.15) is 24.2 Å². The molecule has 2 amide bonds. The van der Waals surface area contributed by atoms with Crippen LogP contribution in [0.2, 0.25) is 0 Å². The van der Waals surface area contributed by atoms with E-state index in [0.717, 1.165) is 0 Å². The Bertz CT molecular complexity index is 999. The number of nitrogens with one attached hydrogen (secondary N) is 1. The normalized spacial score (nSPS) is 22.9. The Labute approximate surface area is 178 Å². The van der Waals surface area contributed by atoms with Gasteiger partial charge in [-0.25, -0.2) is 4.98 Å². The van der Waals surface area contributed by atoms with E-state index in [0.29, 0.717) is 29.8 Å². The molecular weight excluding hydrogens is 404 g/mol. The van der Waals surface area contributed by atoms with E-state index in [4.69, 9.17) is 14.6 Å². The predicted molar refractivity (Wildman–Crippen MR) is 108 cm³/mol. The summed E-state index contributed by atoms with van der Waals surface area (Å²) in [5.74, 6) is -1.25. The summed E-state index contributed by atoms with van der Waals surface area (Å²) in [5.41, 5.74) is 0.913. The van der Waals surface area contributed by atoms with Gasteiger partial charge in [-0.05, 0) is 31.0 Å². The second-order valence-electron chi connectivity index (χ2n) is 7.52. The average molecular weight is 426 g/mol. The number of aliphatic carboxylic acids is 1. The number of nitrogens with zero attached hydrogens (tertiary/aromatic N) is 3. The van der Waals surface area contributed by atoms with Gasteiger partial charge in [-0.3, -0.25) is 19.4 Å². The van der Waals surface area contributed by atoms with E-state index >= 15 is 0 Å². The zero-order valence-corrected chi connectivity index (χ0v) is 16.9. The standard InChI is InChI=1S/C21H22N4O6/c1-25-16-4-3-13(9-19(26)27)31-18(16)11-30-17-5-2-12(8-14(17)21(25)29)24-20(28)15-10-22-6-7-23-15/h2,5-8,10,13,16,18H,3-4,9,11H2,1H3,(H,24,28)(H,26,27)/t13-,16-,18+/m0/s1. The number of carboxylic acids is 1. The van der Waals surface area contributed by atoms with E-state index in [2.05, 4.69) is 15.3 Å². The monoisotopic (exact) mass is 426 g/mol. The molecule has 31 heavy (non-hydrogen) atoms. The highest BCUT2D eigenvalue weighted by atomic mass is 16.5. The number of carboxylic acid groups (broad SMARTS) is 1. The van der Waals surface area contributed by atoms with Gasteiger partial charge in [0.25, 0.3) is 11.8 Å². The van der Waals surface area contributed by atoms with Gasteiger partial charge in [-0.15, -0.1) is 0 Å². The second-order valence-corrected chi connectivity index (χ2v) is 7.52. The van der Waals surface area contributed by atoms with Crippen LogP contribution in [0, 0.1) is 0 Å². The van der Waals surface area contributed by atoms with Crippen molar-refractivity contribution >= 4 is 23.5 Å². The predicted octanol–water partition coefficient (Wildman–Crippen LogP) is 1.58. The van der Waals surface area contributed by atoms with Crippen LogP contribution in [-0.2, 0) is 9.53 Å². The Hall–Kier alpha value is -3.53. The van der Waals surface area contributed by atoms with Crippen LogP contribution in [0.25, 0.3) is 0 Å². The minimum absolute atomic E-state index is 0.0771. The van der Waals surface area contributed by atoms with Crippen molar-refractivity contribution in [1.82, 2.24) is 14.9 Å². The number of ether oxygens (including phenoxy) is 2. The summed E-state index contributed by atoms with van der Waals surface area (Å²) in [7, 11) is 1.70. The van der Waals surface area contributed by atoms with Crippen LogP contribution in [0.15, 0.2) is 36.8 Å². The smallest absolute Gasteiger partial charge is 0.305 e. The number of amides is 2. The lowest BCUT2D eigenvalue weighted by atomic mass is 9.94. The Morgan fingerprint density at radius 3 is 2.87 bits per heavy atom. The molecule has 3 atom stereocenters. The lowest BCUT2D eigenvalue weighted by molar-refractivity contribution is -0.148. The summed E-state index contributed by atoms with van der Waals surface area (Å²) in [6, 6.07) is 4.59. The molecule has 0 spiro atoms. The molecule has 1 aromatic carbocycles. The topological polar surface area (TPSA) is 131 Å². The lowest BCUT2D eigenvalue weighted by Crippen LogP contribution is -2.53. The molecule has 2 aromatic rings. The maximum atomic E-state index is 13.2. The number of hydrogen-bond donors (Lipinski definition) is 2. The number of benzene rings is 1. The van der Waals surface area contributed by atoms with Crippen LogP contribution in [-0.4, -0.2) is 69.7 Å². The molecule has 0 radical (unpaired) electrons. The highest BCUT2D eigenvalue weighted by Crippen LogP contribution is 2.32. The second kappa shape index (κ2) is 8.68. The van der Waals surface area contributed by atoms with E-state index in [1.54, 1.807) is 30.1 Å². The molecule has 0 saturated carbocycles. The molecule has 2 aliphatic rings. The number of carbonyl (C=O) groups is 3. The summed E-state index contributed by atoms with van der Waals surface area (Å²) < 4.78 is 11.8. The van der Waals surface area contributed by atoms with Crippen molar-refractivity contribution in [3.63, 3.8) is 0 Å². The Kier molecular flexibility index (Phi) is 5.81. The fourth-order valence-corrected chi connectivity index (χ4v) is 3.91. The Balaban J connectivity index is 1.54. The van der Waals surface area contributed by atoms with Gasteiger partial charge in [0.2, 0.25) is 0 Å². The molecule has 2 aliphatic heterocycles. The molecule has 10 nitrogen and oxygen atoms in total. The first-order valence-corrected chi connectivity index (χ1v) is 9.91. The lowest BCUT2D eigenvalue weighted by Gasteiger charge is -2.42. The third kappa shape index (κ3) is 4.48. The number of hydrogen-bond acceptors (Lipinski definition) is 7. The quantitative estimate of drug-likeness (QED) is 0.754. The highest BCUT2D eigenvalue weighted by molar-refractivity contribution is 6.04. The summed E-state index contributed by atoms with van der Waals surface area (Å²) in [4.78, 5) is 46.0. The molecule has 10 heteroatoms. The van der Waals surface area contributed by atoms with Crippen LogP contribution < -0.4 is 10.1 Å². The van der Waals surface area contributed by atoms with Crippen molar-refractivity contribution in [2.45, 2.75) is 37.5 Å². The minimum atomic E-state index is -0.916. The number of anilines is 1. The van der Waals surface area contributed by atoms with E-state index in [9.17, 15) is 14.4 Å². The van der Waals surface area contributed by atoms with Crippen LogP contribution in [0.3, 0.4) is 0 Å². The molecule has 2 N–H and O–H groups in total. The third-order valence-electron chi connectivity index (χ3n) is 5.47. The van der Waals surface area contributed by atoms with E-state index < -0.39 is 24.1 Å². The summed E-state index contributed by atoms with van der Waals surface area (Å²) >= 11 is 0. The molecule has 1 aromatic heterocycles. The first-order chi connectivity index (χ1) is 14.9. The molecular formula is C21H22N4O6. The van der Waals surface area contributed by atoms with Crippen molar-refractivity contribution in [3.05, 3.63) is 48.0 Å². The van der Waals surface area contributed by atoms with Crippen LogP contribution >= 0.6 is 0 Å². The van der Waals surface area contributed by atoms with Crippen molar-refractivity contribution in [2.75, 3.05) is 19.0 Å². The Morgan fingerprint density at radius 1 is 1.29 bits per heavy atom. The van der Waals surface area contributed by atoms with Gasteiger partial charge >= 0.3 is 5.97 Å². The molecule has 0 unspecified atom stereocenters. The molecule has 1 saturated heterocycles. The molecule has 162 valence electrons. The van der Waals surface area contributed by atoms with Gasteiger partial charge in [-0.1, -0.05) is 0 Å². The maximum Gasteiger partial charge on any atom is 0.305 e. The maximum absolute atomic E-state index is 13.2. The molecule has 0 bridgehead atoms. The summed E-state index contributed by atoms with van der Waals surface area (Å²) in [6.07, 6.45) is 4.52. The summed E-state index contributed by atoms with van der Waals surface area (Å²) in [5, 5.41) is 11.7. The third-order valence-corrected chi connectivity index (χ3v) is 5.47. The number of aromatic nitrogens is 2. The zero-order valence-electron chi connectivity index (χ0n) is 16.9. The molecule has 0 aliphatic carbocycles. The highest BCUT2D eigenvalue weighted by Gasteiger charge is 2.39. The van der Waals surface area contributed by atoms with Gasteiger partial charge in [-0.2, -0.15) is 0 Å². The molecule has 4 rings (SSSR count). The number of carbonyl (C=O) groups excluding carboxylic acids is 2. The van der Waals surface area contributed by atoms with E-state index in [-0.39, 0.29) is 30.7 Å². The van der Waals surface area contributed by atoms with Crippen molar-refractivity contribution in [1.29, 1.82) is 0 Å². The van der Waals surface area contributed by atoms with Gasteiger partial charge in [0.05, 0.1) is 30.3 Å². The van der Waals surface area contributed by atoms with Gasteiger partial charge < -0.3 is 24.8 Å². The first-order valence-electron chi connectivity index (χ1n) is 9.91. The van der Waals surface area contributed by atoms with Gasteiger partial charge in [0, 0.05) is 25.1 Å². The van der Waals surface area contributed by atoms with Crippen molar-refractivity contribution in [2.24, 2.45) is 0 Å².